The standard InChI is InChI=1S/C19H18Cl2N2O3/c20-15-2-1-12(10-16(15)21)23-19(24)22-6-3-14-13-5-8-25-17(13)9-11-4-7-26-18(11)14/h1-2,9-10H,3-8H2,(H2,22,23,24). The predicted octanol–water partition coefficient (Wildman–Crippen LogP) is 4.23. The second kappa shape index (κ2) is 7.25. The molecule has 0 spiro atoms. The lowest BCUT2D eigenvalue weighted by atomic mass is 9.97. The summed E-state index contributed by atoms with van der Waals surface area (Å²) in [6.45, 7) is 1.91. The maximum atomic E-state index is 12.1. The van der Waals surface area contributed by atoms with E-state index in [2.05, 4.69) is 16.7 Å². The van der Waals surface area contributed by atoms with Gasteiger partial charge in [-0.1, -0.05) is 23.2 Å². The van der Waals surface area contributed by atoms with Gasteiger partial charge in [0.25, 0.3) is 0 Å². The topological polar surface area (TPSA) is 59.6 Å². The van der Waals surface area contributed by atoms with E-state index >= 15 is 0 Å². The number of carbonyl (C=O) groups excluding carboxylic acids is 1. The zero-order valence-corrected chi connectivity index (χ0v) is 15.5. The average molecular weight is 393 g/mol. The molecule has 2 aromatic rings. The lowest BCUT2D eigenvalue weighted by Gasteiger charge is -2.14. The maximum Gasteiger partial charge on any atom is 0.319 e. The van der Waals surface area contributed by atoms with Gasteiger partial charge in [-0.2, -0.15) is 0 Å². The summed E-state index contributed by atoms with van der Waals surface area (Å²) in [7, 11) is 0. The summed E-state index contributed by atoms with van der Waals surface area (Å²) in [4.78, 5) is 12.1. The molecule has 0 atom stereocenters. The number of hydrogen-bond donors (Lipinski definition) is 2. The first-order valence-corrected chi connectivity index (χ1v) is 9.30. The van der Waals surface area contributed by atoms with E-state index in [1.165, 1.54) is 11.1 Å². The van der Waals surface area contributed by atoms with Crippen LogP contribution in [0, 0.1) is 0 Å². The molecule has 5 nitrogen and oxygen atoms in total. The highest BCUT2D eigenvalue weighted by atomic mass is 35.5. The largest absolute Gasteiger partial charge is 0.493 e. The van der Waals surface area contributed by atoms with Crippen LogP contribution >= 0.6 is 23.2 Å². The molecule has 2 aliphatic heterocycles. The van der Waals surface area contributed by atoms with Gasteiger partial charge in [0.2, 0.25) is 0 Å². The number of halogens is 2. The zero-order valence-electron chi connectivity index (χ0n) is 14.0. The number of carbonyl (C=O) groups is 1. The minimum atomic E-state index is -0.287. The van der Waals surface area contributed by atoms with Gasteiger partial charge >= 0.3 is 6.03 Å². The predicted molar refractivity (Wildman–Crippen MR) is 102 cm³/mol. The first kappa shape index (κ1) is 17.3. The quantitative estimate of drug-likeness (QED) is 0.818. The molecular weight excluding hydrogens is 375 g/mol. The highest BCUT2D eigenvalue weighted by Crippen LogP contribution is 2.40. The molecule has 2 aliphatic rings. The van der Waals surface area contributed by atoms with Gasteiger partial charge in [0.1, 0.15) is 11.5 Å². The van der Waals surface area contributed by atoms with Gasteiger partial charge in [0, 0.05) is 41.8 Å². The highest BCUT2D eigenvalue weighted by molar-refractivity contribution is 6.42. The molecule has 0 aliphatic carbocycles. The number of amides is 2. The molecule has 0 bridgehead atoms. The van der Waals surface area contributed by atoms with Crippen LogP contribution in [-0.2, 0) is 19.3 Å². The normalized spacial score (nSPS) is 14.2. The molecule has 4 rings (SSSR count). The van der Waals surface area contributed by atoms with Gasteiger partial charge in [-0.05, 0) is 30.7 Å². The number of rotatable bonds is 4. The smallest absolute Gasteiger partial charge is 0.319 e. The van der Waals surface area contributed by atoms with Crippen molar-refractivity contribution in [2.75, 3.05) is 25.1 Å². The summed E-state index contributed by atoms with van der Waals surface area (Å²) < 4.78 is 11.5. The fourth-order valence-electron chi connectivity index (χ4n) is 3.40. The van der Waals surface area contributed by atoms with Gasteiger partial charge in [-0.15, -0.1) is 0 Å². The van der Waals surface area contributed by atoms with Gasteiger partial charge in [0.05, 0.1) is 23.3 Å². The van der Waals surface area contributed by atoms with E-state index in [0.717, 1.165) is 29.9 Å². The molecule has 2 amide bonds. The van der Waals surface area contributed by atoms with Gasteiger partial charge in [-0.25, -0.2) is 4.79 Å². The number of anilines is 1. The monoisotopic (exact) mass is 392 g/mol. The Morgan fingerprint density at radius 1 is 1.08 bits per heavy atom. The lowest BCUT2D eigenvalue weighted by Crippen LogP contribution is -2.30. The van der Waals surface area contributed by atoms with E-state index in [1.807, 2.05) is 0 Å². The number of urea groups is 1. The van der Waals surface area contributed by atoms with Crippen LogP contribution in [0.5, 0.6) is 11.5 Å². The van der Waals surface area contributed by atoms with E-state index in [1.54, 1.807) is 18.2 Å². The summed E-state index contributed by atoms with van der Waals surface area (Å²) in [5.74, 6) is 1.94. The number of hydrogen-bond acceptors (Lipinski definition) is 3. The Bertz CT molecular complexity index is 838. The van der Waals surface area contributed by atoms with Crippen LogP contribution in [-0.4, -0.2) is 25.8 Å². The number of nitrogens with one attached hydrogen (secondary N) is 2. The molecule has 0 saturated carbocycles. The summed E-state index contributed by atoms with van der Waals surface area (Å²) in [5.41, 5.74) is 4.15. The van der Waals surface area contributed by atoms with Crippen LogP contribution in [0.25, 0.3) is 0 Å². The minimum Gasteiger partial charge on any atom is -0.493 e. The molecule has 2 N–H and O–H groups in total. The Kier molecular flexibility index (Phi) is 4.83. The molecule has 0 fully saturated rings. The SMILES string of the molecule is O=C(NCCc1c2c(cc3c1OCC3)OCC2)Nc1ccc(Cl)c(Cl)c1. The Morgan fingerprint density at radius 3 is 2.77 bits per heavy atom. The average Bonchev–Trinajstić information content (AvgIpc) is 3.26. The molecule has 2 heterocycles. The second-order valence-corrected chi connectivity index (χ2v) is 7.09. The maximum absolute atomic E-state index is 12.1. The molecule has 136 valence electrons. The van der Waals surface area contributed by atoms with Crippen LogP contribution in [0.15, 0.2) is 24.3 Å². The second-order valence-electron chi connectivity index (χ2n) is 6.28. The van der Waals surface area contributed by atoms with Crippen molar-refractivity contribution < 1.29 is 14.3 Å². The van der Waals surface area contributed by atoms with Crippen LogP contribution in [0.4, 0.5) is 10.5 Å². The Labute approximate surface area is 161 Å². The molecule has 0 unspecified atom stereocenters. The number of ether oxygens (including phenoxy) is 2. The van der Waals surface area contributed by atoms with Crippen molar-refractivity contribution in [1.29, 1.82) is 0 Å². The molecule has 7 heteroatoms. The summed E-state index contributed by atoms with van der Waals surface area (Å²) in [6, 6.07) is 6.78. The van der Waals surface area contributed by atoms with E-state index in [4.69, 9.17) is 32.7 Å². The molecular formula is C19H18Cl2N2O3. The Hall–Kier alpha value is -2.11. The van der Waals surface area contributed by atoms with Crippen LogP contribution in [0.1, 0.15) is 16.7 Å². The molecule has 2 aromatic carbocycles. The summed E-state index contributed by atoms with van der Waals surface area (Å²) in [5, 5.41) is 6.48. The fourth-order valence-corrected chi connectivity index (χ4v) is 3.70. The third-order valence-corrected chi connectivity index (χ3v) is 5.34. The third kappa shape index (κ3) is 3.41. The van der Waals surface area contributed by atoms with Gasteiger partial charge in [-0.3, -0.25) is 0 Å². The van der Waals surface area contributed by atoms with Gasteiger partial charge < -0.3 is 20.1 Å². The lowest BCUT2D eigenvalue weighted by molar-refractivity contribution is 0.252. The Balaban J connectivity index is 1.39. The van der Waals surface area contributed by atoms with Crippen LogP contribution in [0.2, 0.25) is 10.0 Å². The van der Waals surface area contributed by atoms with Crippen molar-refractivity contribution in [3.63, 3.8) is 0 Å². The summed E-state index contributed by atoms with van der Waals surface area (Å²) in [6.07, 6.45) is 2.49. The van der Waals surface area contributed by atoms with Crippen molar-refractivity contribution in [1.82, 2.24) is 5.32 Å². The first-order chi connectivity index (χ1) is 12.6. The van der Waals surface area contributed by atoms with Crippen LogP contribution in [0.3, 0.4) is 0 Å². The van der Waals surface area contributed by atoms with E-state index in [0.29, 0.717) is 41.9 Å². The van der Waals surface area contributed by atoms with E-state index in [-0.39, 0.29) is 6.03 Å². The van der Waals surface area contributed by atoms with E-state index in [9.17, 15) is 4.79 Å². The van der Waals surface area contributed by atoms with Crippen LogP contribution < -0.4 is 20.1 Å². The Morgan fingerprint density at radius 2 is 1.92 bits per heavy atom. The van der Waals surface area contributed by atoms with Crippen molar-refractivity contribution in [3.05, 3.63) is 51.0 Å². The third-order valence-electron chi connectivity index (χ3n) is 4.60. The molecule has 0 saturated heterocycles. The van der Waals surface area contributed by atoms with Crippen molar-refractivity contribution >= 4 is 34.9 Å². The fraction of sp³-hybridized carbons (Fsp3) is 0.316. The summed E-state index contributed by atoms with van der Waals surface area (Å²) >= 11 is 11.8. The van der Waals surface area contributed by atoms with Gasteiger partial charge in [0.15, 0.2) is 0 Å². The van der Waals surface area contributed by atoms with E-state index < -0.39 is 0 Å². The molecule has 26 heavy (non-hydrogen) atoms. The van der Waals surface area contributed by atoms with Crippen molar-refractivity contribution in [2.45, 2.75) is 19.3 Å². The highest BCUT2D eigenvalue weighted by Gasteiger charge is 2.26. The first-order valence-electron chi connectivity index (χ1n) is 8.55. The zero-order chi connectivity index (χ0) is 18.1. The number of fused-ring (bicyclic) bond motifs is 2. The molecule has 0 radical (unpaired) electrons. The molecule has 0 aromatic heterocycles. The minimum absolute atomic E-state index is 0.287. The van der Waals surface area contributed by atoms with Crippen molar-refractivity contribution in [3.8, 4) is 11.5 Å². The number of benzene rings is 2. The van der Waals surface area contributed by atoms with Crippen molar-refractivity contribution in [2.24, 2.45) is 0 Å².